The van der Waals surface area contributed by atoms with Crippen molar-refractivity contribution in [3.63, 3.8) is 0 Å². The van der Waals surface area contributed by atoms with Crippen molar-refractivity contribution in [2.24, 2.45) is 5.92 Å². The lowest BCUT2D eigenvalue weighted by Gasteiger charge is -2.20. The van der Waals surface area contributed by atoms with Gasteiger partial charge in [0, 0.05) is 5.92 Å². The highest BCUT2D eigenvalue weighted by Gasteiger charge is 2.28. The van der Waals surface area contributed by atoms with E-state index in [4.69, 9.17) is 0 Å². The Hall–Kier alpha value is -2.48. The van der Waals surface area contributed by atoms with Gasteiger partial charge >= 0.3 is 0 Å². The van der Waals surface area contributed by atoms with Gasteiger partial charge in [0.05, 0.1) is 5.92 Å². The van der Waals surface area contributed by atoms with Gasteiger partial charge < -0.3 is 0 Å². The summed E-state index contributed by atoms with van der Waals surface area (Å²) in [7, 11) is 0. The van der Waals surface area contributed by atoms with Gasteiger partial charge in [-0.15, -0.1) is 0 Å². The Balaban J connectivity index is 2.40. The fourth-order valence-corrected chi connectivity index (χ4v) is 2.66. The van der Waals surface area contributed by atoms with Crippen LogP contribution in [0.15, 0.2) is 66.7 Å². The van der Waals surface area contributed by atoms with E-state index in [0.717, 1.165) is 11.1 Å². The molecule has 0 heterocycles. The van der Waals surface area contributed by atoms with Gasteiger partial charge in [-0.25, -0.2) is 0 Å². The second kappa shape index (κ2) is 7.51. The van der Waals surface area contributed by atoms with Crippen LogP contribution in [0.3, 0.4) is 0 Å². The van der Waals surface area contributed by atoms with E-state index in [9.17, 15) is 9.59 Å². The quantitative estimate of drug-likeness (QED) is 0.745. The first-order valence-electron chi connectivity index (χ1n) is 7.38. The third kappa shape index (κ3) is 4.01. The number of ketones is 2. The molecule has 2 nitrogen and oxygen atoms in total. The number of allylic oxidation sites excluding steroid dienone is 1. The monoisotopic (exact) mass is 292 g/mol. The number of carbonyl (C=O) groups excluding carboxylic acids is 2. The van der Waals surface area contributed by atoms with Crippen LogP contribution in [0.1, 0.15) is 30.9 Å². The highest BCUT2D eigenvalue weighted by atomic mass is 16.1. The van der Waals surface area contributed by atoms with Gasteiger partial charge in [-0.1, -0.05) is 72.8 Å². The number of benzene rings is 2. The largest absolute Gasteiger partial charge is 0.299 e. The van der Waals surface area contributed by atoms with Crippen molar-refractivity contribution in [3.05, 3.63) is 77.9 Å². The molecular weight excluding hydrogens is 272 g/mol. The third-order valence-electron chi connectivity index (χ3n) is 3.72. The predicted octanol–water partition coefficient (Wildman–Crippen LogP) is 4.28. The molecule has 0 unspecified atom stereocenters. The Labute approximate surface area is 131 Å². The summed E-state index contributed by atoms with van der Waals surface area (Å²) in [5.41, 5.74) is 2.03. The molecule has 0 amide bonds. The molecule has 0 fully saturated rings. The number of rotatable bonds is 6. The van der Waals surface area contributed by atoms with Gasteiger partial charge in [-0.2, -0.15) is 0 Å². The van der Waals surface area contributed by atoms with E-state index in [2.05, 4.69) is 0 Å². The van der Waals surface area contributed by atoms with E-state index < -0.39 is 5.92 Å². The number of hydrogen-bond acceptors (Lipinski definition) is 2. The second-order valence-corrected chi connectivity index (χ2v) is 5.41. The summed E-state index contributed by atoms with van der Waals surface area (Å²) < 4.78 is 0. The summed E-state index contributed by atoms with van der Waals surface area (Å²) in [4.78, 5) is 23.9. The van der Waals surface area contributed by atoms with Gasteiger partial charge in [0.25, 0.3) is 0 Å². The minimum Gasteiger partial charge on any atom is -0.299 e. The Kier molecular flexibility index (Phi) is 5.42. The maximum atomic E-state index is 12.0. The molecule has 112 valence electrons. The number of Topliss-reactive ketones (excluding diaryl/α,β-unsaturated/α-hetero) is 2. The molecule has 0 aliphatic heterocycles. The molecule has 2 aromatic carbocycles. The van der Waals surface area contributed by atoms with Gasteiger partial charge in [-0.05, 0) is 25.0 Å². The molecule has 2 aromatic rings. The van der Waals surface area contributed by atoms with Gasteiger partial charge in [0.2, 0.25) is 0 Å². The van der Waals surface area contributed by atoms with Crippen LogP contribution in [0.4, 0.5) is 0 Å². The molecule has 0 aliphatic carbocycles. The molecule has 1 atom stereocenters. The number of hydrogen-bond donors (Lipinski definition) is 0. The van der Waals surface area contributed by atoms with Crippen molar-refractivity contribution in [2.75, 3.05) is 0 Å². The molecule has 2 heteroatoms. The molecule has 0 spiro atoms. The lowest BCUT2D eigenvalue weighted by Crippen LogP contribution is -2.26. The fourth-order valence-electron chi connectivity index (χ4n) is 2.66. The van der Waals surface area contributed by atoms with Crippen LogP contribution in [0.25, 0.3) is 6.08 Å². The minimum atomic E-state index is -0.637. The molecule has 0 saturated heterocycles. The highest BCUT2D eigenvalue weighted by Crippen LogP contribution is 2.28. The smallest absolute Gasteiger partial charge is 0.141 e. The van der Waals surface area contributed by atoms with Gasteiger partial charge in [-0.3, -0.25) is 9.59 Å². The van der Waals surface area contributed by atoms with Crippen molar-refractivity contribution in [3.8, 4) is 0 Å². The van der Waals surface area contributed by atoms with Gasteiger partial charge in [0.1, 0.15) is 11.6 Å². The first kappa shape index (κ1) is 15.9. The lowest BCUT2D eigenvalue weighted by atomic mass is 9.81. The molecule has 2 rings (SSSR count). The maximum Gasteiger partial charge on any atom is 0.141 e. The molecule has 0 bridgehead atoms. The van der Waals surface area contributed by atoms with Crippen molar-refractivity contribution in [2.45, 2.75) is 19.8 Å². The van der Waals surface area contributed by atoms with E-state index in [1.807, 2.05) is 72.8 Å². The van der Waals surface area contributed by atoms with Crippen LogP contribution in [0.2, 0.25) is 0 Å². The molecule has 0 saturated carbocycles. The normalized spacial score (nSPS) is 12.5. The van der Waals surface area contributed by atoms with Crippen LogP contribution < -0.4 is 0 Å². The van der Waals surface area contributed by atoms with Crippen molar-refractivity contribution in [1.29, 1.82) is 0 Å². The van der Waals surface area contributed by atoms with E-state index >= 15 is 0 Å². The van der Waals surface area contributed by atoms with E-state index in [1.54, 1.807) is 0 Å². The first-order valence-corrected chi connectivity index (χ1v) is 7.38. The van der Waals surface area contributed by atoms with Crippen LogP contribution in [0, 0.1) is 5.92 Å². The Morgan fingerprint density at radius 1 is 0.818 bits per heavy atom. The Bertz CT molecular complexity index is 643. The zero-order chi connectivity index (χ0) is 15.9. The second-order valence-electron chi connectivity index (χ2n) is 5.41. The molecule has 22 heavy (non-hydrogen) atoms. The van der Waals surface area contributed by atoms with Crippen molar-refractivity contribution < 1.29 is 9.59 Å². The maximum absolute atomic E-state index is 12.0. The highest BCUT2D eigenvalue weighted by molar-refractivity contribution is 6.01. The van der Waals surface area contributed by atoms with Crippen LogP contribution in [-0.4, -0.2) is 11.6 Å². The standard InChI is InChI=1S/C20H20O2/c1-15(21)20(16(2)22)19(18-11-7-4-8-12-18)14-13-17-9-5-3-6-10-17/h3-14,19-20H,1-2H3/b14-13+/t19-/m1/s1. The van der Waals surface area contributed by atoms with Crippen LogP contribution >= 0.6 is 0 Å². The Morgan fingerprint density at radius 2 is 1.32 bits per heavy atom. The molecular formula is C20H20O2. The fraction of sp³-hybridized carbons (Fsp3) is 0.200. The Morgan fingerprint density at radius 3 is 1.82 bits per heavy atom. The molecule has 0 N–H and O–H groups in total. The van der Waals surface area contributed by atoms with Crippen molar-refractivity contribution in [1.82, 2.24) is 0 Å². The average Bonchev–Trinajstić information content (AvgIpc) is 2.52. The summed E-state index contributed by atoms with van der Waals surface area (Å²) in [5.74, 6) is -1.07. The lowest BCUT2D eigenvalue weighted by molar-refractivity contribution is -0.130. The first-order chi connectivity index (χ1) is 10.6. The summed E-state index contributed by atoms with van der Waals surface area (Å²) in [6, 6.07) is 19.6. The molecule has 0 radical (unpaired) electrons. The number of carbonyl (C=O) groups is 2. The summed E-state index contributed by atoms with van der Waals surface area (Å²) in [6.45, 7) is 2.97. The SMILES string of the molecule is CC(=O)C(C(C)=O)[C@H](/C=C/c1ccccc1)c1ccccc1. The topological polar surface area (TPSA) is 34.1 Å². The summed E-state index contributed by atoms with van der Waals surface area (Å²) >= 11 is 0. The van der Waals surface area contributed by atoms with Crippen molar-refractivity contribution >= 4 is 17.6 Å². The van der Waals surface area contributed by atoms with E-state index in [1.165, 1.54) is 13.8 Å². The third-order valence-corrected chi connectivity index (χ3v) is 3.72. The zero-order valence-corrected chi connectivity index (χ0v) is 12.9. The van der Waals surface area contributed by atoms with Crippen LogP contribution in [-0.2, 0) is 9.59 Å². The molecule has 0 aliphatic rings. The van der Waals surface area contributed by atoms with E-state index in [-0.39, 0.29) is 17.5 Å². The molecule has 0 aromatic heterocycles. The average molecular weight is 292 g/mol. The zero-order valence-electron chi connectivity index (χ0n) is 12.9. The van der Waals surface area contributed by atoms with Crippen LogP contribution in [0.5, 0.6) is 0 Å². The summed E-state index contributed by atoms with van der Waals surface area (Å²) in [5, 5.41) is 0. The van der Waals surface area contributed by atoms with E-state index in [0.29, 0.717) is 0 Å². The predicted molar refractivity (Wildman–Crippen MR) is 89.5 cm³/mol. The van der Waals surface area contributed by atoms with Gasteiger partial charge in [0.15, 0.2) is 0 Å². The summed E-state index contributed by atoms with van der Waals surface area (Å²) in [6.07, 6.45) is 3.93. The minimum absolute atomic E-state index is 0.0981.